The van der Waals surface area contributed by atoms with E-state index in [1.54, 1.807) is 6.92 Å². The molecule has 0 amide bonds. The molecule has 0 radical (unpaired) electrons. The van der Waals surface area contributed by atoms with Gasteiger partial charge < -0.3 is 10.5 Å². The third-order valence-corrected chi connectivity index (χ3v) is 4.75. The number of halogens is 2. The number of nitrogens with two attached hydrogens (primary N) is 1. The van der Waals surface area contributed by atoms with Crippen molar-refractivity contribution < 1.29 is 21.9 Å². The molecule has 1 saturated heterocycles. The van der Waals surface area contributed by atoms with Crippen LogP contribution in [0.3, 0.4) is 0 Å². The van der Waals surface area contributed by atoms with Gasteiger partial charge in [0.05, 0.1) is 18.4 Å². The fourth-order valence-electron chi connectivity index (χ4n) is 1.89. The lowest BCUT2D eigenvalue weighted by Gasteiger charge is -2.30. The molecular weight excluding hydrogens is 278 g/mol. The van der Waals surface area contributed by atoms with Crippen LogP contribution in [0.15, 0.2) is 17.0 Å². The van der Waals surface area contributed by atoms with Crippen LogP contribution in [-0.4, -0.2) is 38.5 Å². The van der Waals surface area contributed by atoms with Crippen molar-refractivity contribution in [3.05, 3.63) is 23.8 Å². The zero-order valence-corrected chi connectivity index (χ0v) is 11.1. The Morgan fingerprint density at radius 3 is 2.68 bits per heavy atom. The molecule has 5 nitrogen and oxygen atoms in total. The second-order valence-electron chi connectivity index (χ2n) is 4.35. The highest BCUT2D eigenvalue weighted by Gasteiger charge is 2.31. The summed E-state index contributed by atoms with van der Waals surface area (Å²) in [6.07, 6.45) is -0.274. The summed E-state index contributed by atoms with van der Waals surface area (Å²) in [6.45, 7) is 2.21. The van der Waals surface area contributed by atoms with Crippen molar-refractivity contribution in [2.45, 2.75) is 17.9 Å². The van der Waals surface area contributed by atoms with Crippen LogP contribution in [0.1, 0.15) is 6.92 Å². The van der Waals surface area contributed by atoms with Gasteiger partial charge in [0.2, 0.25) is 10.0 Å². The quantitative estimate of drug-likeness (QED) is 0.824. The number of nitrogens with zero attached hydrogens (tertiary/aromatic N) is 1. The molecular formula is C11H14F2N2O3S. The molecule has 0 spiro atoms. The molecule has 0 aromatic heterocycles. The molecule has 0 bridgehead atoms. The molecule has 2 rings (SSSR count). The topological polar surface area (TPSA) is 72.6 Å². The third kappa shape index (κ3) is 2.70. The molecule has 0 saturated carbocycles. The fraction of sp³-hybridized carbons (Fsp3) is 0.455. The molecule has 1 aromatic carbocycles. The maximum absolute atomic E-state index is 13.6. The van der Waals surface area contributed by atoms with Crippen molar-refractivity contribution in [1.82, 2.24) is 4.31 Å². The maximum atomic E-state index is 13.6. The molecule has 1 heterocycles. The Balaban J connectivity index is 2.42. The van der Waals surface area contributed by atoms with Crippen LogP contribution in [0.25, 0.3) is 0 Å². The predicted molar refractivity (Wildman–Crippen MR) is 64.9 cm³/mol. The van der Waals surface area contributed by atoms with E-state index < -0.39 is 32.2 Å². The Morgan fingerprint density at radius 2 is 2.05 bits per heavy atom. The van der Waals surface area contributed by atoms with Gasteiger partial charge in [-0.05, 0) is 13.0 Å². The van der Waals surface area contributed by atoms with E-state index in [4.69, 9.17) is 10.5 Å². The van der Waals surface area contributed by atoms with Crippen LogP contribution in [-0.2, 0) is 14.8 Å². The molecule has 0 aliphatic carbocycles. The summed E-state index contributed by atoms with van der Waals surface area (Å²) >= 11 is 0. The SMILES string of the molecule is CC1CN(S(=O)(=O)c2cc(N)c(F)cc2F)CCO1. The molecule has 1 aliphatic heterocycles. The summed E-state index contributed by atoms with van der Waals surface area (Å²) in [7, 11) is -4.03. The zero-order valence-electron chi connectivity index (χ0n) is 10.3. The minimum absolute atomic E-state index is 0.124. The monoisotopic (exact) mass is 292 g/mol. The van der Waals surface area contributed by atoms with Crippen LogP contribution in [0.5, 0.6) is 0 Å². The Bertz CT molecular complexity index is 592. The molecule has 1 fully saturated rings. The smallest absolute Gasteiger partial charge is 0.246 e. The summed E-state index contributed by atoms with van der Waals surface area (Å²) in [5.74, 6) is -2.13. The lowest BCUT2D eigenvalue weighted by Crippen LogP contribution is -2.44. The van der Waals surface area contributed by atoms with Gasteiger partial charge in [-0.25, -0.2) is 17.2 Å². The lowest BCUT2D eigenvalue weighted by molar-refractivity contribution is 0.0101. The van der Waals surface area contributed by atoms with E-state index in [9.17, 15) is 17.2 Å². The van der Waals surface area contributed by atoms with E-state index in [0.717, 1.165) is 10.4 Å². The Labute approximate surface area is 110 Å². The fourth-order valence-corrected chi connectivity index (χ4v) is 3.47. The summed E-state index contributed by atoms with van der Waals surface area (Å²) in [4.78, 5) is -0.611. The number of morpholine rings is 1. The Hall–Kier alpha value is -1.25. The van der Waals surface area contributed by atoms with Gasteiger partial charge in [-0.3, -0.25) is 0 Å². The van der Waals surface area contributed by atoms with E-state index in [-0.39, 0.29) is 25.8 Å². The number of anilines is 1. The van der Waals surface area contributed by atoms with Gasteiger partial charge in [0.1, 0.15) is 16.5 Å². The summed E-state index contributed by atoms with van der Waals surface area (Å²) in [5, 5.41) is 0. The van der Waals surface area contributed by atoms with E-state index in [1.165, 1.54) is 0 Å². The first kappa shape index (κ1) is 14.2. The summed E-state index contributed by atoms with van der Waals surface area (Å²) in [5.41, 5.74) is 4.89. The number of rotatable bonds is 2. The van der Waals surface area contributed by atoms with Crippen molar-refractivity contribution >= 4 is 15.7 Å². The molecule has 8 heteroatoms. The van der Waals surface area contributed by atoms with Crippen LogP contribution in [0.2, 0.25) is 0 Å². The maximum Gasteiger partial charge on any atom is 0.246 e. The summed E-state index contributed by atoms with van der Waals surface area (Å²) in [6, 6.07) is 1.28. The Morgan fingerprint density at radius 1 is 1.37 bits per heavy atom. The van der Waals surface area contributed by atoms with Gasteiger partial charge in [-0.1, -0.05) is 0 Å². The number of benzene rings is 1. The Kier molecular flexibility index (Phi) is 3.75. The first-order valence-corrected chi connectivity index (χ1v) is 7.12. The minimum atomic E-state index is -4.03. The molecule has 106 valence electrons. The number of hydrogen-bond donors (Lipinski definition) is 1. The predicted octanol–water partition coefficient (Wildman–Crippen LogP) is 0.956. The van der Waals surface area contributed by atoms with E-state index in [2.05, 4.69) is 0 Å². The van der Waals surface area contributed by atoms with E-state index in [1.807, 2.05) is 0 Å². The second-order valence-corrected chi connectivity index (χ2v) is 6.25. The standard InChI is InChI=1S/C11H14F2N2O3S/c1-7-6-15(2-3-18-7)19(16,17)11-5-10(14)8(12)4-9(11)13/h4-5,7H,2-3,6,14H2,1H3. The average Bonchev–Trinajstić information content (AvgIpc) is 2.33. The van der Waals surface area contributed by atoms with Crippen molar-refractivity contribution in [2.24, 2.45) is 0 Å². The molecule has 1 unspecified atom stereocenters. The van der Waals surface area contributed by atoms with E-state index in [0.29, 0.717) is 6.07 Å². The van der Waals surface area contributed by atoms with Crippen molar-refractivity contribution in [3.8, 4) is 0 Å². The van der Waals surface area contributed by atoms with Crippen LogP contribution in [0, 0.1) is 11.6 Å². The highest BCUT2D eigenvalue weighted by molar-refractivity contribution is 7.89. The van der Waals surface area contributed by atoms with Gasteiger partial charge in [0.15, 0.2) is 0 Å². The highest BCUT2D eigenvalue weighted by Crippen LogP contribution is 2.25. The summed E-state index contributed by atoms with van der Waals surface area (Å²) < 4.78 is 57.6. The van der Waals surface area contributed by atoms with Crippen LogP contribution >= 0.6 is 0 Å². The first-order valence-electron chi connectivity index (χ1n) is 5.68. The normalized spacial score (nSPS) is 21.5. The van der Waals surface area contributed by atoms with E-state index >= 15 is 0 Å². The van der Waals surface area contributed by atoms with Gasteiger partial charge >= 0.3 is 0 Å². The molecule has 1 atom stereocenters. The first-order chi connectivity index (χ1) is 8.82. The zero-order chi connectivity index (χ0) is 14.2. The van der Waals surface area contributed by atoms with Gasteiger partial charge in [0.25, 0.3) is 0 Å². The molecule has 1 aliphatic rings. The van der Waals surface area contributed by atoms with Crippen LogP contribution < -0.4 is 5.73 Å². The molecule has 19 heavy (non-hydrogen) atoms. The molecule has 1 aromatic rings. The van der Waals surface area contributed by atoms with Gasteiger partial charge in [-0.15, -0.1) is 0 Å². The molecule has 2 N–H and O–H groups in total. The highest BCUT2D eigenvalue weighted by atomic mass is 32.2. The largest absolute Gasteiger partial charge is 0.396 e. The van der Waals surface area contributed by atoms with Crippen molar-refractivity contribution in [2.75, 3.05) is 25.4 Å². The number of hydrogen-bond acceptors (Lipinski definition) is 4. The lowest BCUT2D eigenvalue weighted by atomic mass is 10.3. The number of nitrogen functional groups attached to an aromatic ring is 1. The van der Waals surface area contributed by atoms with Gasteiger partial charge in [0, 0.05) is 19.2 Å². The number of ether oxygens (including phenoxy) is 1. The number of sulfonamides is 1. The van der Waals surface area contributed by atoms with Crippen LogP contribution in [0.4, 0.5) is 14.5 Å². The van der Waals surface area contributed by atoms with Gasteiger partial charge in [-0.2, -0.15) is 4.31 Å². The average molecular weight is 292 g/mol. The second kappa shape index (κ2) is 5.03. The minimum Gasteiger partial charge on any atom is -0.396 e. The van der Waals surface area contributed by atoms with Crippen molar-refractivity contribution in [3.63, 3.8) is 0 Å². The van der Waals surface area contributed by atoms with Crippen molar-refractivity contribution in [1.29, 1.82) is 0 Å². The third-order valence-electron chi connectivity index (χ3n) is 2.87.